The minimum Gasteiger partial charge on any atom is -0.396 e. The van der Waals surface area contributed by atoms with Crippen molar-refractivity contribution in [3.05, 3.63) is 40.7 Å². The van der Waals surface area contributed by atoms with Crippen LogP contribution in [0, 0.1) is 6.92 Å². The van der Waals surface area contributed by atoms with Gasteiger partial charge in [0.25, 0.3) is 0 Å². The minimum absolute atomic E-state index is 0.0759. The van der Waals surface area contributed by atoms with Gasteiger partial charge in [-0.3, -0.25) is 0 Å². The average molecular weight is 251 g/mol. The third-order valence-electron chi connectivity index (χ3n) is 2.79. The first-order chi connectivity index (χ1) is 8.13. The summed E-state index contributed by atoms with van der Waals surface area (Å²) in [6.07, 6.45) is 0.522. The van der Waals surface area contributed by atoms with Crippen LogP contribution in [0.2, 0.25) is 5.15 Å². The molecule has 0 fully saturated rings. The van der Waals surface area contributed by atoms with Gasteiger partial charge in [0, 0.05) is 25.6 Å². The van der Waals surface area contributed by atoms with Crippen molar-refractivity contribution in [1.82, 2.24) is 9.55 Å². The summed E-state index contributed by atoms with van der Waals surface area (Å²) in [7, 11) is 1.92. The van der Waals surface area contributed by atoms with Crippen LogP contribution in [0.3, 0.4) is 0 Å². The molecule has 2 aromatic rings. The molecule has 3 nitrogen and oxygen atoms in total. The second-order valence-corrected chi connectivity index (χ2v) is 4.43. The molecular formula is C13H15ClN2O. The third-order valence-corrected chi connectivity index (χ3v) is 3.09. The Bertz CT molecular complexity index is 534. The Morgan fingerprint density at radius 3 is 2.82 bits per heavy atom. The monoisotopic (exact) mass is 250 g/mol. The van der Waals surface area contributed by atoms with E-state index >= 15 is 0 Å². The van der Waals surface area contributed by atoms with Crippen LogP contribution in [0.4, 0.5) is 0 Å². The molecule has 0 bridgehead atoms. The van der Waals surface area contributed by atoms with Crippen LogP contribution in [-0.4, -0.2) is 21.3 Å². The fourth-order valence-electron chi connectivity index (χ4n) is 1.92. The van der Waals surface area contributed by atoms with Gasteiger partial charge in [-0.15, -0.1) is 0 Å². The highest BCUT2D eigenvalue weighted by Gasteiger charge is 2.13. The molecule has 1 N–H and O–H groups in total. The van der Waals surface area contributed by atoms with E-state index < -0.39 is 0 Å². The number of halogens is 1. The Morgan fingerprint density at radius 2 is 2.18 bits per heavy atom. The number of benzene rings is 1. The van der Waals surface area contributed by atoms with Crippen molar-refractivity contribution in [2.75, 3.05) is 6.61 Å². The Hall–Kier alpha value is -1.32. The molecule has 0 unspecified atom stereocenters. The van der Waals surface area contributed by atoms with Crippen molar-refractivity contribution in [1.29, 1.82) is 0 Å². The molecule has 0 spiro atoms. The molecule has 0 amide bonds. The fourth-order valence-corrected chi connectivity index (χ4v) is 2.22. The molecule has 1 heterocycles. The van der Waals surface area contributed by atoms with Crippen molar-refractivity contribution in [3.63, 3.8) is 0 Å². The number of hydrogen-bond acceptors (Lipinski definition) is 2. The second-order valence-electron chi connectivity index (χ2n) is 4.08. The molecule has 0 aliphatic carbocycles. The van der Waals surface area contributed by atoms with Crippen LogP contribution in [0.15, 0.2) is 24.3 Å². The molecule has 4 heteroatoms. The summed E-state index contributed by atoms with van der Waals surface area (Å²) in [6, 6.07) is 8.12. The zero-order valence-electron chi connectivity index (χ0n) is 9.94. The minimum atomic E-state index is 0.0759. The van der Waals surface area contributed by atoms with Gasteiger partial charge < -0.3 is 9.67 Å². The van der Waals surface area contributed by atoms with E-state index in [9.17, 15) is 0 Å². The van der Waals surface area contributed by atoms with Crippen molar-refractivity contribution in [2.45, 2.75) is 13.3 Å². The summed E-state index contributed by atoms with van der Waals surface area (Å²) in [4.78, 5) is 4.36. The first-order valence-electron chi connectivity index (χ1n) is 5.52. The van der Waals surface area contributed by atoms with Gasteiger partial charge in [0.15, 0.2) is 5.15 Å². The van der Waals surface area contributed by atoms with Crippen LogP contribution < -0.4 is 0 Å². The molecule has 0 saturated heterocycles. The summed E-state index contributed by atoms with van der Waals surface area (Å²) >= 11 is 6.08. The predicted molar refractivity (Wildman–Crippen MR) is 69.2 cm³/mol. The molecule has 1 aromatic carbocycles. The van der Waals surface area contributed by atoms with Crippen molar-refractivity contribution < 1.29 is 5.11 Å². The summed E-state index contributed by atoms with van der Waals surface area (Å²) in [6.45, 7) is 2.12. The lowest BCUT2D eigenvalue weighted by atomic mass is 10.1. The Labute approximate surface area is 106 Å². The van der Waals surface area contributed by atoms with Crippen molar-refractivity contribution in [2.24, 2.45) is 7.05 Å². The maximum absolute atomic E-state index is 8.99. The highest BCUT2D eigenvalue weighted by Crippen LogP contribution is 2.25. The standard InChI is InChI=1S/C13H15ClN2O/c1-9-4-3-5-10(8-9)13-15-12(14)11(6-7-17)16(13)2/h3-5,8,17H,6-7H2,1-2H3. The van der Waals surface area contributed by atoms with E-state index in [0.717, 1.165) is 17.1 Å². The molecule has 0 atom stereocenters. The lowest BCUT2D eigenvalue weighted by Crippen LogP contribution is -2.01. The largest absolute Gasteiger partial charge is 0.396 e. The van der Waals surface area contributed by atoms with Crippen LogP contribution in [0.5, 0.6) is 0 Å². The van der Waals surface area contributed by atoms with Gasteiger partial charge in [0.1, 0.15) is 5.82 Å². The fraction of sp³-hybridized carbons (Fsp3) is 0.308. The first kappa shape index (κ1) is 12.1. The van der Waals surface area contributed by atoms with E-state index in [2.05, 4.69) is 11.1 Å². The number of hydrogen-bond donors (Lipinski definition) is 1. The number of aliphatic hydroxyl groups is 1. The number of aliphatic hydroxyl groups excluding tert-OH is 1. The molecule has 2 rings (SSSR count). The molecule has 0 aliphatic rings. The summed E-state index contributed by atoms with van der Waals surface area (Å²) in [5.74, 6) is 0.835. The maximum Gasteiger partial charge on any atom is 0.151 e. The Kier molecular flexibility index (Phi) is 3.50. The third kappa shape index (κ3) is 2.35. The van der Waals surface area contributed by atoms with Gasteiger partial charge in [-0.1, -0.05) is 35.4 Å². The molecule has 90 valence electrons. The van der Waals surface area contributed by atoms with E-state index in [0.29, 0.717) is 11.6 Å². The summed E-state index contributed by atoms with van der Waals surface area (Å²) in [5, 5.41) is 9.46. The normalized spacial score (nSPS) is 10.8. The van der Waals surface area contributed by atoms with E-state index in [1.165, 1.54) is 5.56 Å². The quantitative estimate of drug-likeness (QED) is 0.909. The highest BCUT2D eigenvalue weighted by molar-refractivity contribution is 6.30. The number of rotatable bonds is 3. The van der Waals surface area contributed by atoms with Crippen LogP contribution in [-0.2, 0) is 13.5 Å². The molecule has 0 saturated carbocycles. The molecule has 17 heavy (non-hydrogen) atoms. The number of aromatic nitrogens is 2. The van der Waals surface area contributed by atoms with Gasteiger partial charge >= 0.3 is 0 Å². The van der Waals surface area contributed by atoms with Gasteiger partial charge in [-0.2, -0.15) is 0 Å². The lowest BCUT2D eigenvalue weighted by Gasteiger charge is -2.05. The molecular weight excluding hydrogens is 236 g/mol. The molecule has 1 aromatic heterocycles. The second kappa shape index (κ2) is 4.90. The van der Waals surface area contributed by atoms with Crippen molar-refractivity contribution >= 4 is 11.6 Å². The van der Waals surface area contributed by atoms with Gasteiger partial charge in [0.2, 0.25) is 0 Å². The number of imidazole rings is 1. The average Bonchev–Trinajstić information content (AvgIpc) is 2.57. The van der Waals surface area contributed by atoms with E-state index in [1.807, 2.05) is 36.7 Å². The summed E-state index contributed by atoms with van der Waals surface area (Å²) < 4.78 is 1.94. The van der Waals surface area contributed by atoms with Crippen LogP contribution >= 0.6 is 11.6 Å². The van der Waals surface area contributed by atoms with E-state index in [4.69, 9.17) is 16.7 Å². The zero-order chi connectivity index (χ0) is 12.4. The SMILES string of the molecule is Cc1cccc(-c2nc(Cl)c(CCO)n2C)c1. The number of nitrogens with zero attached hydrogens (tertiary/aromatic N) is 2. The summed E-state index contributed by atoms with van der Waals surface area (Å²) in [5.41, 5.74) is 3.09. The van der Waals surface area contributed by atoms with Crippen LogP contribution in [0.25, 0.3) is 11.4 Å². The highest BCUT2D eigenvalue weighted by atomic mass is 35.5. The lowest BCUT2D eigenvalue weighted by molar-refractivity contribution is 0.297. The maximum atomic E-state index is 8.99. The molecule has 0 aliphatic heterocycles. The number of aryl methyl sites for hydroxylation is 1. The van der Waals surface area contributed by atoms with Crippen molar-refractivity contribution in [3.8, 4) is 11.4 Å². The Balaban J connectivity index is 2.50. The zero-order valence-corrected chi connectivity index (χ0v) is 10.7. The topological polar surface area (TPSA) is 38.1 Å². The van der Waals surface area contributed by atoms with E-state index in [-0.39, 0.29) is 6.61 Å². The predicted octanol–water partition coefficient (Wildman–Crippen LogP) is 2.58. The van der Waals surface area contributed by atoms with E-state index in [1.54, 1.807) is 0 Å². The smallest absolute Gasteiger partial charge is 0.151 e. The van der Waals surface area contributed by atoms with Crippen LogP contribution in [0.1, 0.15) is 11.3 Å². The van der Waals surface area contributed by atoms with Gasteiger partial charge in [-0.25, -0.2) is 4.98 Å². The first-order valence-corrected chi connectivity index (χ1v) is 5.90. The Morgan fingerprint density at radius 1 is 1.41 bits per heavy atom. The molecule has 0 radical (unpaired) electrons. The van der Waals surface area contributed by atoms with Gasteiger partial charge in [-0.05, 0) is 13.0 Å². The van der Waals surface area contributed by atoms with Gasteiger partial charge in [0.05, 0.1) is 5.69 Å².